The van der Waals surface area contributed by atoms with E-state index in [9.17, 15) is 0 Å². The molecule has 162 valence electrons. The number of nitrogens with one attached hydrogen (secondary N) is 1. The highest BCUT2D eigenvalue weighted by molar-refractivity contribution is 6.55. The van der Waals surface area contributed by atoms with Gasteiger partial charge in [-0.25, -0.2) is 0 Å². The van der Waals surface area contributed by atoms with Crippen molar-refractivity contribution in [2.75, 3.05) is 25.1 Å². The molecule has 0 fully saturated rings. The summed E-state index contributed by atoms with van der Waals surface area (Å²) in [5, 5.41) is 7.53. The van der Waals surface area contributed by atoms with Gasteiger partial charge in [-0.3, -0.25) is 0 Å². The molecule has 0 spiro atoms. The SMILES string of the molecule is CCON=C(COc1ccc(Nc2ccc(OCC=C(Cl)Cl)cc2)cc1)C(C)(C)C. The van der Waals surface area contributed by atoms with Gasteiger partial charge in [0, 0.05) is 16.8 Å². The lowest BCUT2D eigenvalue weighted by molar-refractivity contribution is 0.152. The van der Waals surface area contributed by atoms with Crippen LogP contribution in [0, 0.1) is 5.41 Å². The van der Waals surface area contributed by atoms with Crippen LogP contribution in [0.15, 0.2) is 64.3 Å². The molecule has 0 bridgehead atoms. The van der Waals surface area contributed by atoms with Crippen LogP contribution in [0.1, 0.15) is 27.7 Å². The highest BCUT2D eigenvalue weighted by Crippen LogP contribution is 2.23. The average Bonchev–Trinajstić information content (AvgIpc) is 2.69. The van der Waals surface area contributed by atoms with Gasteiger partial charge >= 0.3 is 0 Å². The third-order valence-electron chi connectivity index (χ3n) is 4.03. The molecule has 30 heavy (non-hydrogen) atoms. The van der Waals surface area contributed by atoms with Crippen molar-refractivity contribution in [2.24, 2.45) is 10.6 Å². The van der Waals surface area contributed by atoms with Crippen LogP contribution in [0.2, 0.25) is 0 Å². The van der Waals surface area contributed by atoms with Crippen molar-refractivity contribution in [1.82, 2.24) is 0 Å². The number of ether oxygens (including phenoxy) is 2. The van der Waals surface area contributed by atoms with E-state index in [1.54, 1.807) is 6.08 Å². The maximum atomic E-state index is 5.89. The van der Waals surface area contributed by atoms with Crippen LogP contribution >= 0.6 is 23.2 Å². The normalized spacial score (nSPS) is 11.6. The fraction of sp³-hybridized carbons (Fsp3) is 0.348. The molecule has 0 aliphatic heterocycles. The second-order valence-electron chi connectivity index (χ2n) is 7.47. The summed E-state index contributed by atoms with van der Waals surface area (Å²) in [7, 11) is 0. The van der Waals surface area contributed by atoms with E-state index in [0.717, 1.165) is 28.6 Å². The van der Waals surface area contributed by atoms with Gasteiger partial charge in [0.25, 0.3) is 0 Å². The van der Waals surface area contributed by atoms with Crippen LogP contribution in [0.25, 0.3) is 0 Å². The van der Waals surface area contributed by atoms with E-state index in [2.05, 4.69) is 31.2 Å². The van der Waals surface area contributed by atoms with Gasteiger partial charge in [0.15, 0.2) is 0 Å². The number of hydrogen-bond acceptors (Lipinski definition) is 5. The molecule has 0 aromatic heterocycles. The van der Waals surface area contributed by atoms with Crippen molar-refractivity contribution in [2.45, 2.75) is 27.7 Å². The van der Waals surface area contributed by atoms with Crippen LogP contribution < -0.4 is 14.8 Å². The zero-order valence-electron chi connectivity index (χ0n) is 17.7. The minimum Gasteiger partial charge on any atom is -0.489 e. The number of hydrogen-bond donors (Lipinski definition) is 1. The molecule has 0 amide bonds. The quantitative estimate of drug-likeness (QED) is 0.314. The zero-order valence-corrected chi connectivity index (χ0v) is 19.3. The summed E-state index contributed by atoms with van der Waals surface area (Å²) in [6.45, 7) is 9.40. The Morgan fingerprint density at radius 1 is 0.933 bits per heavy atom. The Kier molecular flexibility index (Phi) is 9.34. The van der Waals surface area contributed by atoms with E-state index in [0.29, 0.717) is 19.8 Å². The van der Waals surface area contributed by atoms with E-state index >= 15 is 0 Å². The highest BCUT2D eigenvalue weighted by Gasteiger charge is 2.20. The Hall–Kier alpha value is -2.37. The maximum absolute atomic E-state index is 5.89. The van der Waals surface area contributed by atoms with Crippen molar-refractivity contribution < 1.29 is 14.3 Å². The first-order valence-corrected chi connectivity index (χ1v) is 10.5. The molecule has 1 N–H and O–H groups in total. The Morgan fingerprint density at radius 2 is 1.47 bits per heavy atom. The lowest BCUT2D eigenvalue weighted by Crippen LogP contribution is -2.27. The van der Waals surface area contributed by atoms with Gasteiger partial charge in [0.1, 0.15) is 35.8 Å². The van der Waals surface area contributed by atoms with Crippen molar-refractivity contribution >= 4 is 40.3 Å². The highest BCUT2D eigenvalue weighted by atomic mass is 35.5. The molecule has 0 saturated heterocycles. The van der Waals surface area contributed by atoms with Crippen molar-refractivity contribution in [3.63, 3.8) is 0 Å². The Labute approximate surface area is 188 Å². The van der Waals surface area contributed by atoms with Crippen molar-refractivity contribution in [3.05, 3.63) is 59.1 Å². The molecule has 2 aromatic rings. The second-order valence-corrected chi connectivity index (χ2v) is 8.48. The Balaban J connectivity index is 1.90. The lowest BCUT2D eigenvalue weighted by atomic mass is 9.90. The summed E-state index contributed by atoms with van der Waals surface area (Å²) in [4.78, 5) is 5.21. The number of nitrogens with zero attached hydrogens (tertiary/aromatic N) is 1. The molecular weight excluding hydrogens is 423 g/mol. The van der Waals surface area contributed by atoms with Crippen molar-refractivity contribution in [1.29, 1.82) is 0 Å². The van der Waals surface area contributed by atoms with Gasteiger partial charge < -0.3 is 19.6 Å². The minimum atomic E-state index is -0.126. The van der Waals surface area contributed by atoms with Crippen LogP contribution in [0.3, 0.4) is 0 Å². The molecular formula is C23H28Cl2N2O3. The van der Waals surface area contributed by atoms with E-state index in [1.807, 2.05) is 55.5 Å². The third kappa shape index (κ3) is 8.56. The van der Waals surface area contributed by atoms with Gasteiger partial charge in [-0.05, 0) is 61.5 Å². The topological polar surface area (TPSA) is 52.1 Å². The van der Waals surface area contributed by atoms with Gasteiger partial charge in [-0.1, -0.05) is 49.1 Å². The fourth-order valence-corrected chi connectivity index (χ4v) is 2.44. The third-order valence-corrected chi connectivity index (χ3v) is 4.34. The maximum Gasteiger partial charge on any atom is 0.130 e. The molecule has 0 aliphatic rings. The molecule has 0 saturated carbocycles. The Bertz CT molecular complexity index is 838. The molecule has 0 radical (unpaired) electrons. The first-order valence-electron chi connectivity index (χ1n) is 9.71. The Morgan fingerprint density at radius 3 is 1.93 bits per heavy atom. The molecule has 0 unspecified atom stereocenters. The fourth-order valence-electron chi connectivity index (χ4n) is 2.31. The number of oxime groups is 1. The molecule has 0 heterocycles. The smallest absolute Gasteiger partial charge is 0.130 e. The van der Waals surface area contributed by atoms with E-state index in [-0.39, 0.29) is 9.91 Å². The molecule has 0 aliphatic carbocycles. The summed E-state index contributed by atoms with van der Waals surface area (Å²) in [6, 6.07) is 15.4. The number of anilines is 2. The summed E-state index contributed by atoms with van der Waals surface area (Å²) >= 11 is 11.1. The lowest BCUT2D eigenvalue weighted by Gasteiger charge is -2.21. The average molecular weight is 451 g/mol. The molecule has 0 atom stereocenters. The first kappa shape index (κ1) is 23.9. The van der Waals surface area contributed by atoms with E-state index in [4.69, 9.17) is 37.5 Å². The van der Waals surface area contributed by atoms with Crippen LogP contribution in [-0.4, -0.2) is 25.5 Å². The second kappa shape index (κ2) is 11.7. The summed E-state index contributed by atoms with van der Waals surface area (Å²) in [5.74, 6) is 1.50. The monoisotopic (exact) mass is 450 g/mol. The van der Waals surface area contributed by atoms with E-state index < -0.39 is 0 Å². The van der Waals surface area contributed by atoms with Crippen molar-refractivity contribution in [3.8, 4) is 11.5 Å². The molecule has 7 heteroatoms. The van der Waals surface area contributed by atoms with E-state index in [1.165, 1.54) is 0 Å². The minimum absolute atomic E-state index is 0.126. The number of halogens is 2. The van der Waals surface area contributed by atoms with Crippen LogP contribution in [-0.2, 0) is 4.84 Å². The first-order chi connectivity index (χ1) is 14.3. The van der Waals surface area contributed by atoms with Gasteiger partial charge in [-0.2, -0.15) is 0 Å². The molecule has 2 aromatic carbocycles. The molecule has 2 rings (SSSR count). The summed E-state index contributed by atoms with van der Waals surface area (Å²) < 4.78 is 11.6. The van der Waals surface area contributed by atoms with Crippen LogP contribution in [0.4, 0.5) is 11.4 Å². The summed E-state index contributed by atoms with van der Waals surface area (Å²) in [5.41, 5.74) is 2.63. The van der Waals surface area contributed by atoms with Gasteiger partial charge in [0.2, 0.25) is 0 Å². The van der Waals surface area contributed by atoms with Gasteiger partial charge in [0.05, 0.1) is 5.71 Å². The number of benzene rings is 2. The predicted molar refractivity (Wildman–Crippen MR) is 125 cm³/mol. The zero-order chi connectivity index (χ0) is 22.0. The standard InChI is InChI=1S/C23H28Cl2N2O3/c1-5-30-27-21(23(2,3)4)16-29-20-12-8-18(9-13-20)26-17-6-10-19(11-7-17)28-15-14-22(24)25/h6-14,26H,5,15-16H2,1-4H3. The van der Waals surface area contributed by atoms with Crippen LogP contribution in [0.5, 0.6) is 11.5 Å². The predicted octanol–water partition coefficient (Wildman–Crippen LogP) is 6.95. The molecule has 5 nitrogen and oxygen atoms in total. The summed E-state index contributed by atoms with van der Waals surface area (Å²) in [6.07, 6.45) is 1.59. The number of rotatable bonds is 10. The largest absolute Gasteiger partial charge is 0.489 e. The van der Waals surface area contributed by atoms with Gasteiger partial charge in [-0.15, -0.1) is 0 Å².